The lowest BCUT2D eigenvalue weighted by molar-refractivity contribution is 0.0694. The van der Waals surface area contributed by atoms with Gasteiger partial charge in [-0.25, -0.2) is 4.98 Å². The van der Waals surface area contributed by atoms with Crippen molar-refractivity contribution in [3.63, 3.8) is 0 Å². The van der Waals surface area contributed by atoms with Crippen molar-refractivity contribution in [3.8, 4) is 0 Å². The second-order valence-corrected chi connectivity index (χ2v) is 4.96. The van der Waals surface area contributed by atoms with Crippen LogP contribution in [0.15, 0.2) is 11.6 Å². The van der Waals surface area contributed by atoms with E-state index in [2.05, 4.69) is 4.98 Å². The van der Waals surface area contributed by atoms with E-state index in [9.17, 15) is 10.2 Å². The standard InChI is InChI=1S/C11H17N3O3S/c1-13(5-8(16)7-17-2)10-9(6-15)14-3-4-18-11(14)12-10/h3-4,8,15-16H,5-7H2,1-2H3. The number of imidazole rings is 1. The van der Waals surface area contributed by atoms with Gasteiger partial charge in [-0.2, -0.15) is 0 Å². The Kier molecular flexibility index (Phi) is 4.18. The maximum absolute atomic E-state index is 9.71. The van der Waals surface area contributed by atoms with Crippen LogP contribution < -0.4 is 4.90 Å². The van der Waals surface area contributed by atoms with Gasteiger partial charge in [0, 0.05) is 32.3 Å². The molecule has 6 nitrogen and oxygen atoms in total. The van der Waals surface area contributed by atoms with Crippen molar-refractivity contribution in [1.29, 1.82) is 0 Å². The molecule has 7 heteroatoms. The topological polar surface area (TPSA) is 70.2 Å². The summed E-state index contributed by atoms with van der Waals surface area (Å²) in [6.07, 6.45) is 1.30. The highest BCUT2D eigenvalue weighted by atomic mass is 32.1. The fourth-order valence-corrected chi connectivity index (χ4v) is 2.65. The van der Waals surface area contributed by atoms with Crippen molar-refractivity contribution in [2.75, 3.05) is 32.2 Å². The Labute approximate surface area is 109 Å². The third-order valence-electron chi connectivity index (χ3n) is 2.69. The second kappa shape index (κ2) is 5.66. The minimum absolute atomic E-state index is 0.0854. The van der Waals surface area contributed by atoms with Crippen molar-refractivity contribution in [1.82, 2.24) is 9.38 Å². The molecule has 0 amide bonds. The molecule has 1 atom stereocenters. The predicted octanol–water partition coefficient (Wildman–Crippen LogP) is 0.332. The maximum Gasteiger partial charge on any atom is 0.195 e. The molecule has 0 aliphatic carbocycles. The predicted molar refractivity (Wildman–Crippen MR) is 70.1 cm³/mol. The number of aliphatic hydroxyl groups is 2. The molecule has 100 valence electrons. The van der Waals surface area contributed by atoms with Crippen molar-refractivity contribution in [2.24, 2.45) is 0 Å². The molecule has 18 heavy (non-hydrogen) atoms. The Hall–Kier alpha value is -1.15. The molecule has 2 heterocycles. The molecular formula is C11H17N3O3S. The molecule has 2 rings (SSSR count). The molecule has 0 saturated heterocycles. The second-order valence-electron chi connectivity index (χ2n) is 4.09. The summed E-state index contributed by atoms with van der Waals surface area (Å²) in [7, 11) is 3.39. The number of aromatic nitrogens is 2. The van der Waals surface area contributed by atoms with Gasteiger partial charge >= 0.3 is 0 Å². The van der Waals surface area contributed by atoms with Gasteiger partial charge in [0.25, 0.3) is 0 Å². The van der Waals surface area contributed by atoms with E-state index < -0.39 is 6.10 Å². The van der Waals surface area contributed by atoms with Gasteiger partial charge < -0.3 is 19.8 Å². The molecular weight excluding hydrogens is 254 g/mol. The molecule has 2 aromatic rings. The summed E-state index contributed by atoms with van der Waals surface area (Å²) in [5, 5.41) is 21.1. The lowest BCUT2D eigenvalue weighted by atomic mass is 10.3. The Morgan fingerprint density at radius 1 is 1.61 bits per heavy atom. The first-order valence-electron chi connectivity index (χ1n) is 5.60. The van der Waals surface area contributed by atoms with E-state index in [0.29, 0.717) is 12.4 Å². The molecule has 0 fully saturated rings. The van der Waals surface area contributed by atoms with E-state index in [4.69, 9.17) is 4.74 Å². The van der Waals surface area contributed by atoms with E-state index in [-0.39, 0.29) is 13.2 Å². The Balaban J connectivity index is 2.21. The Morgan fingerprint density at radius 3 is 3.06 bits per heavy atom. The molecule has 0 bridgehead atoms. The largest absolute Gasteiger partial charge is 0.390 e. The summed E-state index contributed by atoms with van der Waals surface area (Å²) >= 11 is 1.51. The first kappa shape index (κ1) is 13.3. The summed E-state index contributed by atoms with van der Waals surface area (Å²) in [6, 6.07) is 0. The summed E-state index contributed by atoms with van der Waals surface area (Å²) in [6.45, 7) is 0.602. The highest BCUT2D eigenvalue weighted by Gasteiger charge is 2.17. The monoisotopic (exact) mass is 271 g/mol. The third kappa shape index (κ3) is 2.49. The van der Waals surface area contributed by atoms with E-state index >= 15 is 0 Å². The lowest BCUT2D eigenvalue weighted by Crippen LogP contribution is -2.32. The number of hydrogen-bond acceptors (Lipinski definition) is 6. The van der Waals surface area contributed by atoms with Crippen molar-refractivity contribution >= 4 is 22.1 Å². The number of thiazole rings is 1. The van der Waals surface area contributed by atoms with Crippen LogP contribution in [0.5, 0.6) is 0 Å². The zero-order chi connectivity index (χ0) is 13.1. The summed E-state index contributed by atoms with van der Waals surface area (Å²) < 4.78 is 6.75. The Bertz CT molecular complexity index is 511. The van der Waals surface area contributed by atoms with Crippen molar-refractivity contribution < 1.29 is 14.9 Å². The quantitative estimate of drug-likeness (QED) is 0.792. The van der Waals surface area contributed by atoms with Crippen LogP contribution in [0.3, 0.4) is 0 Å². The van der Waals surface area contributed by atoms with Crippen molar-refractivity contribution in [3.05, 3.63) is 17.3 Å². The van der Waals surface area contributed by atoms with Crippen LogP contribution >= 0.6 is 11.3 Å². The first-order chi connectivity index (χ1) is 8.67. The molecule has 0 radical (unpaired) electrons. The van der Waals surface area contributed by atoms with E-state index in [1.807, 2.05) is 27.9 Å². The smallest absolute Gasteiger partial charge is 0.195 e. The molecule has 2 aromatic heterocycles. The van der Waals surface area contributed by atoms with Crippen LogP contribution in [0, 0.1) is 0 Å². The number of ether oxygens (including phenoxy) is 1. The van der Waals surface area contributed by atoms with Crippen LogP contribution in [0.2, 0.25) is 0 Å². The van der Waals surface area contributed by atoms with Gasteiger partial charge in [-0.15, -0.1) is 11.3 Å². The number of methoxy groups -OCH3 is 1. The lowest BCUT2D eigenvalue weighted by Gasteiger charge is -2.21. The van der Waals surface area contributed by atoms with Crippen LogP contribution in [0.1, 0.15) is 5.69 Å². The van der Waals surface area contributed by atoms with E-state index in [1.165, 1.54) is 11.3 Å². The molecule has 0 aromatic carbocycles. The van der Waals surface area contributed by atoms with Crippen LogP contribution in [0.25, 0.3) is 4.96 Å². The van der Waals surface area contributed by atoms with Gasteiger partial charge in [0.05, 0.1) is 25.0 Å². The number of rotatable bonds is 6. The van der Waals surface area contributed by atoms with Gasteiger partial charge in [-0.3, -0.25) is 4.40 Å². The van der Waals surface area contributed by atoms with Crippen LogP contribution in [-0.2, 0) is 11.3 Å². The number of aliphatic hydroxyl groups excluding tert-OH is 2. The van der Waals surface area contributed by atoms with Gasteiger partial charge in [0.2, 0.25) is 0 Å². The number of nitrogens with zero attached hydrogens (tertiary/aromatic N) is 3. The molecule has 0 aliphatic heterocycles. The average molecular weight is 271 g/mol. The molecule has 1 unspecified atom stereocenters. The van der Waals surface area contributed by atoms with Gasteiger partial charge in [-0.05, 0) is 0 Å². The highest BCUT2D eigenvalue weighted by molar-refractivity contribution is 7.15. The molecule has 0 saturated carbocycles. The van der Waals surface area contributed by atoms with E-state index in [0.717, 1.165) is 10.7 Å². The van der Waals surface area contributed by atoms with E-state index in [1.54, 1.807) is 7.11 Å². The van der Waals surface area contributed by atoms with Gasteiger partial charge in [-0.1, -0.05) is 0 Å². The summed E-state index contributed by atoms with van der Waals surface area (Å²) in [5.74, 6) is 0.694. The fourth-order valence-electron chi connectivity index (χ4n) is 1.92. The maximum atomic E-state index is 9.71. The minimum Gasteiger partial charge on any atom is -0.390 e. The van der Waals surface area contributed by atoms with Gasteiger partial charge in [0.1, 0.15) is 0 Å². The highest BCUT2D eigenvalue weighted by Crippen LogP contribution is 2.24. The van der Waals surface area contributed by atoms with Gasteiger partial charge in [0.15, 0.2) is 10.8 Å². The van der Waals surface area contributed by atoms with Crippen LogP contribution in [0.4, 0.5) is 5.82 Å². The van der Waals surface area contributed by atoms with Crippen LogP contribution in [-0.4, -0.2) is 53.0 Å². The number of likely N-dealkylation sites (N-methyl/N-ethyl adjacent to an activating group) is 1. The fraction of sp³-hybridized carbons (Fsp3) is 0.545. The normalized spacial score (nSPS) is 13.1. The molecule has 0 aliphatic rings. The number of hydrogen-bond donors (Lipinski definition) is 2. The Morgan fingerprint density at radius 2 is 2.39 bits per heavy atom. The average Bonchev–Trinajstić information content (AvgIpc) is 2.87. The minimum atomic E-state index is -0.578. The SMILES string of the molecule is COCC(O)CN(C)c1nc2sccn2c1CO. The zero-order valence-electron chi connectivity index (χ0n) is 10.4. The third-order valence-corrected chi connectivity index (χ3v) is 3.45. The summed E-state index contributed by atoms with van der Waals surface area (Å²) in [4.78, 5) is 7.12. The first-order valence-corrected chi connectivity index (χ1v) is 6.48. The number of fused-ring (bicyclic) bond motifs is 1. The number of anilines is 1. The van der Waals surface area contributed by atoms with Crippen molar-refractivity contribution in [2.45, 2.75) is 12.7 Å². The summed E-state index contributed by atoms with van der Waals surface area (Å²) in [5.41, 5.74) is 0.735. The molecule has 0 spiro atoms. The molecule has 2 N–H and O–H groups in total. The zero-order valence-corrected chi connectivity index (χ0v) is 11.2.